The van der Waals surface area contributed by atoms with Gasteiger partial charge in [0.25, 0.3) is 0 Å². The molecule has 2 aromatic carbocycles. The van der Waals surface area contributed by atoms with Crippen molar-refractivity contribution in [2.24, 2.45) is 0 Å². The highest BCUT2D eigenvalue weighted by atomic mass is 16.5. The van der Waals surface area contributed by atoms with E-state index in [1.54, 1.807) is 12.5 Å². The zero-order valence-corrected chi connectivity index (χ0v) is 19.2. The number of rotatable bonds is 7. The quantitative estimate of drug-likeness (QED) is 0.418. The molecule has 0 aliphatic carbocycles. The van der Waals surface area contributed by atoms with Gasteiger partial charge < -0.3 is 24.8 Å². The number of fused-ring (bicyclic) bond motifs is 1. The number of aryl methyl sites for hydroxylation is 2. The van der Waals surface area contributed by atoms with Crippen molar-refractivity contribution in [1.29, 1.82) is 0 Å². The van der Waals surface area contributed by atoms with Crippen LogP contribution in [0.4, 0.5) is 11.5 Å². The Kier molecular flexibility index (Phi) is 6.51. The molecule has 5 rings (SSSR count). The third kappa shape index (κ3) is 5.08. The van der Waals surface area contributed by atoms with Crippen LogP contribution in [0.3, 0.4) is 0 Å². The van der Waals surface area contributed by atoms with E-state index < -0.39 is 0 Å². The smallest absolute Gasteiger partial charge is 0.145 e. The third-order valence-corrected chi connectivity index (χ3v) is 5.61. The van der Waals surface area contributed by atoms with Crippen LogP contribution in [0.2, 0.25) is 0 Å². The van der Waals surface area contributed by atoms with E-state index in [0.29, 0.717) is 24.8 Å². The molecule has 0 saturated carbocycles. The molecular formula is C26H27N5O3. The Morgan fingerprint density at radius 2 is 2.00 bits per heavy atom. The van der Waals surface area contributed by atoms with Gasteiger partial charge in [0.1, 0.15) is 36.0 Å². The van der Waals surface area contributed by atoms with E-state index in [-0.39, 0.29) is 6.04 Å². The Labute approximate surface area is 198 Å². The number of hydrogen-bond acceptors (Lipinski definition) is 8. The summed E-state index contributed by atoms with van der Waals surface area (Å²) in [6, 6.07) is 15.8. The molecule has 0 amide bonds. The number of pyridine rings is 1. The highest BCUT2D eigenvalue weighted by Gasteiger charge is 2.16. The van der Waals surface area contributed by atoms with E-state index in [2.05, 4.69) is 25.6 Å². The first-order chi connectivity index (χ1) is 16.7. The standard InChI is InChI=1S/C26H27N5O3/c1-17-12-19(7-9-23(17)34-21-8-6-18(2)28-13-21)31-26-25-22(29-16-30-26)4-3-5-24(25)33-15-20-14-32-11-10-27-20/h3-9,12-13,16,20,27H,10-11,14-15H2,1-2H3,(H,29,30,31)/t20-/m1/s1. The molecule has 0 radical (unpaired) electrons. The van der Waals surface area contributed by atoms with Crippen LogP contribution in [0.25, 0.3) is 10.9 Å². The maximum atomic E-state index is 6.17. The fraction of sp³-hybridized carbons (Fsp3) is 0.269. The van der Waals surface area contributed by atoms with E-state index in [9.17, 15) is 0 Å². The minimum atomic E-state index is 0.156. The summed E-state index contributed by atoms with van der Waals surface area (Å²) in [5.41, 5.74) is 3.64. The van der Waals surface area contributed by atoms with Gasteiger partial charge in [0, 0.05) is 17.9 Å². The van der Waals surface area contributed by atoms with Crippen LogP contribution in [0, 0.1) is 13.8 Å². The van der Waals surface area contributed by atoms with Crippen LogP contribution in [-0.2, 0) is 4.74 Å². The summed E-state index contributed by atoms with van der Waals surface area (Å²) in [4.78, 5) is 13.2. The van der Waals surface area contributed by atoms with Gasteiger partial charge in [0.15, 0.2) is 0 Å². The molecule has 0 unspecified atom stereocenters. The van der Waals surface area contributed by atoms with Crippen molar-refractivity contribution in [2.45, 2.75) is 19.9 Å². The molecule has 8 nitrogen and oxygen atoms in total. The van der Waals surface area contributed by atoms with Gasteiger partial charge in [0.05, 0.1) is 36.4 Å². The number of nitrogens with one attached hydrogen (secondary N) is 2. The van der Waals surface area contributed by atoms with Crippen LogP contribution in [-0.4, -0.2) is 47.4 Å². The molecule has 174 valence electrons. The molecule has 34 heavy (non-hydrogen) atoms. The van der Waals surface area contributed by atoms with Crippen molar-refractivity contribution in [3.05, 3.63) is 72.3 Å². The van der Waals surface area contributed by atoms with E-state index in [1.165, 1.54) is 0 Å². The van der Waals surface area contributed by atoms with Gasteiger partial charge >= 0.3 is 0 Å². The second-order valence-electron chi connectivity index (χ2n) is 8.25. The Morgan fingerprint density at radius 3 is 2.79 bits per heavy atom. The minimum Gasteiger partial charge on any atom is -0.491 e. The highest BCUT2D eigenvalue weighted by Crippen LogP contribution is 2.33. The highest BCUT2D eigenvalue weighted by molar-refractivity contribution is 5.95. The Bertz CT molecular complexity index is 1270. The summed E-state index contributed by atoms with van der Waals surface area (Å²) in [6.07, 6.45) is 3.28. The van der Waals surface area contributed by atoms with Crippen LogP contribution in [0.1, 0.15) is 11.3 Å². The van der Waals surface area contributed by atoms with Gasteiger partial charge in [-0.3, -0.25) is 4.98 Å². The lowest BCUT2D eigenvalue weighted by Crippen LogP contribution is -2.44. The van der Waals surface area contributed by atoms with Crippen LogP contribution in [0.5, 0.6) is 17.2 Å². The van der Waals surface area contributed by atoms with Gasteiger partial charge in [-0.2, -0.15) is 0 Å². The normalized spacial score (nSPS) is 15.8. The lowest BCUT2D eigenvalue weighted by molar-refractivity contribution is 0.0595. The number of hydrogen-bond donors (Lipinski definition) is 2. The molecule has 3 heterocycles. The summed E-state index contributed by atoms with van der Waals surface area (Å²) in [6.45, 7) is 6.67. The van der Waals surface area contributed by atoms with Gasteiger partial charge in [0.2, 0.25) is 0 Å². The number of nitrogens with zero attached hydrogens (tertiary/aromatic N) is 3. The molecule has 1 aliphatic rings. The average Bonchev–Trinajstić information content (AvgIpc) is 2.86. The molecule has 0 spiro atoms. The first kappa shape index (κ1) is 22.1. The molecule has 2 N–H and O–H groups in total. The zero-order valence-electron chi connectivity index (χ0n) is 19.2. The number of ether oxygens (including phenoxy) is 3. The second-order valence-corrected chi connectivity index (χ2v) is 8.25. The van der Waals surface area contributed by atoms with Crippen molar-refractivity contribution in [1.82, 2.24) is 20.3 Å². The Balaban J connectivity index is 1.36. The van der Waals surface area contributed by atoms with Crippen molar-refractivity contribution in [2.75, 3.05) is 31.7 Å². The molecule has 4 aromatic rings. The fourth-order valence-electron chi connectivity index (χ4n) is 3.83. The largest absolute Gasteiger partial charge is 0.491 e. The van der Waals surface area contributed by atoms with Crippen LogP contribution in [0.15, 0.2) is 61.1 Å². The monoisotopic (exact) mass is 457 g/mol. The van der Waals surface area contributed by atoms with E-state index in [4.69, 9.17) is 14.2 Å². The van der Waals surface area contributed by atoms with Crippen LogP contribution < -0.4 is 20.1 Å². The van der Waals surface area contributed by atoms with Crippen molar-refractivity contribution < 1.29 is 14.2 Å². The van der Waals surface area contributed by atoms with Crippen LogP contribution >= 0.6 is 0 Å². The topological polar surface area (TPSA) is 90.4 Å². The molecular weight excluding hydrogens is 430 g/mol. The summed E-state index contributed by atoms with van der Waals surface area (Å²) < 4.78 is 17.7. The van der Waals surface area contributed by atoms with Gasteiger partial charge in [-0.1, -0.05) is 6.07 Å². The molecule has 1 atom stereocenters. The van der Waals surface area contributed by atoms with Crippen molar-refractivity contribution in [3.63, 3.8) is 0 Å². The van der Waals surface area contributed by atoms with E-state index in [0.717, 1.165) is 52.5 Å². The SMILES string of the molecule is Cc1ccc(Oc2ccc(Nc3ncnc4cccc(OC[C@H]5COCCN5)c34)cc2C)cn1. The summed E-state index contributed by atoms with van der Waals surface area (Å²) in [5, 5.41) is 7.67. The maximum Gasteiger partial charge on any atom is 0.145 e. The number of morpholine rings is 1. The Hall–Kier alpha value is -3.75. The lowest BCUT2D eigenvalue weighted by atomic mass is 10.1. The number of aromatic nitrogens is 3. The van der Waals surface area contributed by atoms with Gasteiger partial charge in [-0.15, -0.1) is 0 Å². The summed E-state index contributed by atoms with van der Waals surface area (Å²) >= 11 is 0. The Morgan fingerprint density at radius 1 is 1.06 bits per heavy atom. The lowest BCUT2D eigenvalue weighted by Gasteiger charge is -2.24. The van der Waals surface area contributed by atoms with E-state index in [1.807, 2.05) is 62.4 Å². The second kappa shape index (κ2) is 10.0. The fourth-order valence-corrected chi connectivity index (χ4v) is 3.83. The van der Waals surface area contributed by atoms with E-state index >= 15 is 0 Å². The molecule has 1 fully saturated rings. The first-order valence-corrected chi connectivity index (χ1v) is 11.3. The molecule has 8 heteroatoms. The molecule has 1 saturated heterocycles. The maximum absolute atomic E-state index is 6.17. The summed E-state index contributed by atoms with van der Waals surface area (Å²) in [7, 11) is 0. The summed E-state index contributed by atoms with van der Waals surface area (Å²) in [5.74, 6) is 2.89. The van der Waals surface area contributed by atoms with Crippen molar-refractivity contribution in [3.8, 4) is 17.2 Å². The molecule has 2 aromatic heterocycles. The van der Waals surface area contributed by atoms with Crippen molar-refractivity contribution >= 4 is 22.4 Å². The molecule has 1 aliphatic heterocycles. The minimum absolute atomic E-state index is 0.156. The third-order valence-electron chi connectivity index (χ3n) is 5.61. The zero-order chi connectivity index (χ0) is 23.3. The van der Waals surface area contributed by atoms with Gasteiger partial charge in [-0.05, 0) is 61.9 Å². The average molecular weight is 458 g/mol. The number of benzene rings is 2. The predicted octanol–water partition coefficient (Wildman–Crippen LogP) is 4.54. The predicted molar refractivity (Wildman–Crippen MR) is 131 cm³/mol. The molecule has 0 bridgehead atoms. The van der Waals surface area contributed by atoms with Gasteiger partial charge in [-0.25, -0.2) is 9.97 Å². The number of anilines is 2. The first-order valence-electron chi connectivity index (χ1n) is 11.3.